The van der Waals surface area contributed by atoms with Crippen LogP contribution in [0.15, 0.2) is 42.5 Å². The molecule has 138 valence electrons. The van der Waals surface area contributed by atoms with Gasteiger partial charge >= 0.3 is 5.97 Å². The molecular formula is C19H21ClN2O3S. The lowest BCUT2D eigenvalue weighted by Crippen LogP contribution is -2.30. The summed E-state index contributed by atoms with van der Waals surface area (Å²) < 4.78 is 10.2. The fraction of sp³-hybridized carbons (Fsp3) is 0.263. The maximum absolute atomic E-state index is 11.9. The molecule has 0 fully saturated rings. The third-order valence-corrected chi connectivity index (χ3v) is 4.23. The predicted octanol–water partition coefficient (Wildman–Crippen LogP) is 4.57. The first-order chi connectivity index (χ1) is 12.4. The molecule has 2 aromatic carbocycles. The summed E-state index contributed by atoms with van der Waals surface area (Å²) in [5.74, 6) is 0.334. The topological polar surface area (TPSA) is 59.6 Å². The molecule has 26 heavy (non-hydrogen) atoms. The minimum Gasteiger partial charge on any atom is -0.497 e. The Morgan fingerprint density at radius 3 is 2.54 bits per heavy atom. The number of carbonyl (C=O) groups excluding carboxylic acids is 1. The monoisotopic (exact) mass is 392 g/mol. The van der Waals surface area contributed by atoms with E-state index in [1.54, 1.807) is 32.2 Å². The zero-order valence-corrected chi connectivity index (χ0v) is 16.4. The molecule has 5 nitrogen and oxygen atoms in total. The van der Waals surface area contributed by atoms with Crippen molar-refractivity contribution in [1.29, 1.82) is 0 Å². The van der Waals surface area contributed by atoms with E-state index in [1.807, 2.05) is 31.2 Å². The Hall–Kier alpha value is -2.31. The highest BCUT2D eigenvalue weighted by atomic mass is 35.5. The molecule has 0 saturated carbocycles. The maximum Gasteiger partial charge on any atom is 0.339 e. The molecule has 0 spiro atoms. The number of halogens is 1. The van der Waals surface area contributed by atoms with Crippen LogP contribution in [0.4, 0.5) is 5.69 Å². The van der Waals surface area contributed by atoms with Gasteiger partial charge in [0, 0.05) is 5.69 Å². The van der Waals surface area contributed by atoms with E-state index >= 15 is 0 Å². The largest absolute Gasteiger partial charge is 0.497 e. The molecule has 0 saturated heterocycles. The van der Waals surface area contributed by atoms with Crippen molar-refractivity contribution in [2.45, 2.75) is 19.9 Å². The second-order valence-corrected chi connectivity index (χ2v) is 6.32. The minimum atomic E-state index is -0.466. The molecule has 2 aromatic rings. The average Bonchev–Trinajstić information content (AvgIpc) is 2.63. The number of esters is 1. The van der Waals surface area contributed by atoms with E-state index in [-0.39, 0.29) is 12.6 Å². The van der Waals surface area contributed by atoms with E-state index in [0.717, 1.165) is 11.3 Å². The Kier molecular flexibility index (Phi) is 7.24. The third kappa shape index (κ3) is 5.34. The smallest absolute Gasteiger partial charge is 0.339 e. The highest BCUT2D eigenvalue weighted by Gasteiger charge is 2.13. The van der Waals surface area contributed by atoms with Gasteiger partial charge in [-0.15, -0.1) is 0 Å². The normalized spacial score (nSPS) is 11.4. The van der Waals surface area contributed by atoms with E-state index in [4.69, 9.17) is 33.3 Å². The minimum absolute atomic E-state index is 0.00210. The maximum atomic E-state index is 11.9. The second kappa shape index (κ2) is 9.40. The van der Waals surface area contributed by atoms with Gasteiger partial charge in [0.15, 0.2) is 5.11 Å². The molecule has 2 rings (SSSR count). The number of benzene rings is 2. The van der Waals surface area contributed by atoms with Crippen molar-refractivity contribution in [2.24, 2.45) is 0 Å². The number of anilines is 1. The van der Waals surface area contributed by atoms with Crippen molar-refractivity contribution in [3.05, 3.63) is 58.6 Å². The lowest BCUT2D eigenvalue weighted by Gasteiger charge is -2.18. The molecule has 1 atom stereocenters. The van der Waals surface area contributed by atoms with Crippen molar-refractivity contribution in [1.82, 2.24) is 5.32 Å². The van der Waals surface area contributed by atoms with Crippen molar-refractivity contribution in [3.8, 4) is 5.75 Å². The summed E-state index contributed by atoms with van der Waals surface area (Å²) in [7, 11) is 1.63. The van der Waals surface area contributed by atoms with Crippen molar-refractivity contribution >= 4 is 40.6 Å². The lowest BCUT2D eigenvalue weighted by molar-refractivity contribution is 0.0526. The third-order valence-electron chi connectivity index (χ3n) is 3.68. The Morgan fingerprint density at radius 2 is 1.92 bits per heavy atom. The van der Waals surface area contributed by atoms with Crippen LogP contribution >= 0.6 is 23.8 Å². The fourth-order valence-corrected chi connectivity index (χ4v) is 2.80. The highest BCUT2D eigenvalue weighted by Crippen LogP contribution is 2.22. The SMILES string of the molecule is CCOC(=O)c1cc(NC(=S)N[C@@H](C)c2ccc(OC)cc2)ccc1Cl. The molecule has 0 aliphatic carbocycles. The molecule has 0 amide bonds. The number of carbonyl (C=O) groups is 1. The summed E-state index contributed by atoms with van der Waals surface area (Å²) in [6.07, 6.45) is 0. The first-order valence-corrected chi connectivity index (χ1v) is 8.91. The summed E-state index contributed by atoms with van der Waals surface area (Å²) in [6, 6.07) is 12.7. The fourth-order valence-electron chi connectivity index (χ4n) is 2.31. The van der Waals surface area contributed by atoms with Crippen molar-refractivity contribution < 1.29 is 14.3 Å². The van der Waals surface area contributed by atoms with E-state index in [0.29, 0.717) is 21.4 Å². The Morgan fingerprint density at radius 1 is 1.23 bits per heavy atom. The number of hydrogen-bond acceptors (Lipinski definition) is 4. The zero-order valence-electron chi connectivity index (χ0n) is 14.8. The van der Waals surface area contributed by atoms with Crippen LogP contribution in [0, 0.1) is 0 Å². The van der Waals surface area contributed by atoms with E-state index in [1.165, 1.54) is 0 Å². The molecule has 0 bridgehead atoms. The van der Waals surface area contributed by atoms with Crippen LogP contribution < -0.4 is 15.4 Å². The lowest BCUT2D eigenvalue weighted by atomic mass is 10.1. The molecule has 0 aliphatic heterocycles. The van der Waals surface area contributed by atoms with Crippen molar-refractivity contribution in [2.75, 3.05) is 19.0 Å². The Labute approximate surface area is 163 Å². The summed E-state index contributed by atoms with van der Waals surface area (Å²) in [5, 5.41) is 7.03. The van der Waals surface area contributed by atoms with Gasteiger partial charge in [-0.2, -0.15) is 0 Å². The molecule has 7 heteroatoms. The van der Waals surface area contributed by atoms with Gasteiger partial charge in [-0.1, -0.05) is 23.7 Å². The van der Waals surface area contributed by atoms with Gasteiger partial charge < -0.3 is 20.1 Å². The first-order valence-electron chi connectivity index (χ1n) is 8.12. The Bertz CT molecular complexity index is 781. The molecule has 0 aromatic heterocycles. The molecule has 2 N–H and O–H groups in total. The number of ether oxygens (including phenoxy) is 2. The number of hydrogen-bond donors (Lipinski definition) is 2. The van der Waals surface area contributed by atoms with Crippen molar-refractivity contribution in [3.63, 3.8) is 0 Å². The standard InChI is InChI=1S/C19H21ClN2O3S/c1-4-25-18(23)16-11-14(7-10-17(16)20)22-19(26)21-12(2)13-5-8-15(24-3)9-6-13/h5-12H,4H2,1-3H3,(H2,21,22,26)/t12-/m0/s1. The van der Waals surface area contributed by atoms with Crippen LogP contribution in [-0.2, 0) is 4.74 Å². The van der Waals surface area contributed by atoms with Gasteiger partial charge in [0.2, 0.25) is 0 Å². The molecule has 0 heterocycles. The van der Waals surface area contributed by atoms with Crippen LogP contribution in [0.3, 0.4) is 0 Å². The van der Waals surface area contributed by atoms with Crippen LogP contribution in [0.25, 0.3) is 0 Å². The van der Waals surface area contributed by atoms with Gasteiger partial charge in [0.1, 0.15) is 5.75 Å². The van der Waals surface area contributed by atoms with Gasteiger partial charge in [-0.25, -0.2) is 4.79 Å². The van der Waals surface area contributed by atoms with Crippen LogP contribution in [0.1, 0.15) is 35.8 Å². The molecule has 0 radical (unpaired) electrons. The average molecular weight is 393 g/mol. The molecule has 0 aliphatic rings. The number of rotatable bonds is 6. The Balaban J connectivity index is 2.02. The molecule has 0 unspecified atom stereocenters. The van der Waals surface area contributed by atoms with Gasteiger partial charge in [-0.05, 0) is 62.0 Å². The molecular weight excluding hydrogens is 372 g/mol. The number of nitrogens with one attached hydrogen (secondary N) is 2. The number of thiocarbonyl (C=S) groups is 1. The van der Waals surface area contributed by atoms with Crippen LogP contribution in [0.5, 0.6) is 5.75 Å². The van der Waals surface area contributed by atoms with E-state index in [2.05, 4.69) is 10.6 Å². The zero-order chi connectivity index (χ0) is 19.1. The van der Waals surface area contributed by atoms with E-state index in [9.17, 15) is 4.79 Å². The van der Waals surface area contributed by atoms with Crippen LogP contribution in [-0.4, -0.2) is 24.8 Å². The van der Waals surface area contributed by atoms with Gasteiger partial charge in [0.25, 0.3) is 0 Å². The van der Waals surface area contributed by atoms with E-state index < -0.39 is 5.97 Å². The van der Waals surface area contributed by atoms with Gasteiger partial charge in [-0.3, -0.25) is 0 Å². The predicted molar refractivity (Wildman–Crippen MR) is 108 cm³/mol. The summed E-state index contributed by atoms with van der Waals surface area (Å²) in [6.45, 7) is 4.03. The summed E-state index contributed by atoms with van der Waals surface area (Å²) in [5.41, 5.74) is 2.01. The summed E-state index contributed by atoms with van der Waals surface area (Å²) in [4.78, 5) is 11.9. The highest BCUT2D eigenvalue weighted by molar-refractivity contribution is 7.80. The summed E-state index contributed by atoms with van der Waals surface area (Å²) >= 11 is 11.4. The first kappa shape index (κ1) is 20.0. The quantitative estimate of drug-likeness (QED) is 0.554. The van der Waals surface area contributed by atoms with Crippen LogP contribution in [0.2, 0.25) is 5.02 Å². The van der Waals surface area contributed by atoms with Gasteiger partial charge in [0.05, 0.1) is 30.3 Å². The number of methoxy groups -OCH3 is 1. The second-order valence-electron chi connectivity index (χ2n) is 5.51.